The van der Waals surface area contributed by atoms with Gasteiger partial charge in [0.2, 0.25) is 0 Å². The molecule has 5 rings (SSSR count). The predicted molar refractivity (Wildman–Crippen MR) is 125 cm³/mol. The van der Waals surface area contributed by atoms with Crippen LogP contribution in [-0.4, -0.2) is 45.8 Å². The average Bonchev–Trinajstić information content (AvgIpc) is 2.80. The number of rotatable bonds is 4. The molecule has 1 aliphatic heterocycles. The fraction of sp³-hybridized carbons (Fsp3) is 0.217. The Morgan fingerprint density at radius 2 is 1.69 bits per heavy atom. The number of benzene rings is 1. The van der Waals surface area contributed by atoms with Crippen LogP contribution in [-0.2, 0) is 4.74 Å². The number of aromatic nitrogens is 4. The summed E-state index contributed by atoms with van der Waals surface area (Å²) in [4.78, 5) is 28.1. The normalized spacial score (nSPS) is 14.0. The van der Waals surface area contributed by atoms with Crippen LogP contribution in [0.4, 0.5) is 23.0 Å². The van der Waals surface area contributed by atoms with E-state index in [1.54, 1.807) is 41.1 Å². The van der Waals surface area contributed by atoms with Gasteiger partial charge >= 0.3 is 0 Å². The number of anilines is 4. The van der Waals surface area contributed by atoms with Gasteiger partial charge in [-0.2, -0.15) is 0 Å². The summed E-state index contributed by atoms with van der Waals surface area (Å²) in [5, 5.41) is 3.25. The fourth-order valence-corrected chi connectivity index (χ4v) is 3.86. The van der Waals surface area contributed by atoms with E-state index in [1.165, 1.54) is 6.20 Å². The van der Waals surface area contributed by atoms with Crippen molar-refractivity contribution < 1.29 is 4.74 Å². The first-order chi connectivity index (χ1) is 15.6. The SMILES string of the molecule is Cc1cc(Nc2cc3c(cn2)ncc(=O)n3-c2ccc(N)cc2)ncc1N1CCOCC1. The van der Waals surface area contributed by atoms with E-state index in [1.807, 2.05) is 12.3 Å². The predicted octanol–water partition coefficient (Wildman–Crippen LogP) is 2.65. The Hall–Kier alpha value is -3.98. The van der Waals surface area contributed by atoms with Gasteiger partial charge in [0.15, 0.2) is 0 Å². The second-order valence-electron chi connectivity index (χ2n) is 7.66. The Morgan fingerprint density at radius 1 is 0.969 bits per heavy atom. The van der Waals surface area contributed by atoms with Gasteiger partial charge in [0.25, 0.3) is 5.56 Å². The summed E-state index contributed by atoms with van der Waals surface area (Å²) in [6.45, 7) is 5.23. The molecule has 0 radical (unpaired) electrons. The Kier molecular flexibility index (Phi) is 5.16. The summed E-state index contributed by atoms with van der Waals surface area (Å²) in [5.41, 5.74) is 10.4. The van der Waals surface area contributed by atoms with Crippen LogP contribution in [0.25, 0.3) is 16.7 Å². The summed E-state index contributed by atoms with van der Waals surface area (Å²) in [5.74, 6) is 1.25. The van der Waals surface area contributed by atoms with Crippen LogP contribution in [0.1, 0.15) is 5.56 Å². The molecule has 32 heavy (non-hydrogen) atoms. The molecule has 1 aliphatic rings. The van der Waals surface area contributed by atoms with Crippen LogP contribution < -0.4 is 21.5 Å². The molecular weight excluding hydrogens is 406 g/mol. The summed E-state index contributed by atoms with van der Waals surface area (Å²) in [6.07, 6.45) is 4.80. The Balaban J connectivity index is 1.49. The first kappa shape index (κ1) is 20.0. The molecule has 3 aromatic heterocycles. The van der Waals surface area contributed by atoms with Crippen molar-refractivity contribution in [3.05, 3.63) is 70.9 Å². The highest BCUT2D eigenvalue weighted by molar-refractivity contribution is 5.79. The Labute approximate surface area is 184 Å². The Bertz CT molecular complexity index is 1330. The monoisotopic (exact) mass is 429 g/mol. The molecule has 1 saturated heterocycles. The molecule has 4 heterocycles. The van der Waals surface area contributed by atoms with Crippen LogP contribution in [0.3, 0.4) is 0 Å². The van der Waals surface area contributed by atoms with Crippen molar-refractivity contribution in [2.45, 2.75) is 6.92 Å². The first-order valence-corrected chi connectivity index (χ1v) is 10.4. The molecule has 162 valence electrons. The molecule has 0 atom stereocenters. The quantitative estimate of drug-likeness (QED) is 0.476. The van der Waals surface area contributed by atoms with E-state index < -0.39 is 0 Å². The average molecular weight is 429 g/mol. The second-order valence-corrected chi connectivity index (χ2v) is 7.66. The van der Waals surface area contributed by atoms with Gasteiger partial charge in [-0.3, -0.25) is 9.36 Å². The van der Waals surface area contributed by atoms with Gasteiger partial charge in [-0.05, 0) is 42.8 Å². The van der Waals surface area contributed by atoms with Crippen LogP contribution in [0.5, 0.6) is 0 Å². The maximum absolute atomic E-state index is 12.6. The number of hydrogen-bond acceptors (Lipinski definition) is 8. The van der Waals surface area contributed by atoms with E-state index in [0.29, 0.717) is 34.0 Å². The topological polar surface area (TPSA) is 111 Å². The van der Waals surface area contributed by atoms with Crippen molar-refractivity contribution in [1.82, 2.24) is 19.5 Å². The molecule has 9 heteroatoms. The first-order valence-electron chi connectivity index (χ1n) is 10.4. The van der Waals surface area contributed by atoms with Gasteiger partial charge in [0.05, 0.1) is 43.0 Å². The lowest BCUT2D eigenvalue weighted by Gasteiger charge is -2.29. The molecule has 0 aliphatic carbocycles. The zero-order valence-corrected chi connectivity index (χ0v) is 17.7. The molecule has 4 aromatic rings. The fourth-order valence-electron chi connectivity index (χ4n) is 3.86. The molecular formula is C23H23N7O2. The molecule has 1 aromatic carbocycles. The van der Waals surface area contributed by atoms with Crippen molar-refractivity contribution in [3.8, 4) is 5.69 Å². The highest BCUT2D eigenvalue weighted by Crippen LogP contribution is 2.25. The lowest BCUT2D eigenvalue weighted by atomic mass is 10.2. The van der Waals surface area contributed by atoms with Crippen LogP contribution >= 0.6 is 0 Å². The largest absolute Gasteiger partial charge is 0.399 e. The van der Waals surface area contributed by atoms with Crippen molar-refractivity contribution in [2.24, 2.45) is 0 Å². The molecule has 0 spiro atoms. The van der Waals surface area contributed by atoms with E-state index >= 15 is 0 Å². The smallest absolute Gasteiger partial charge is 0.274 e. The summed E-state index contributed by atoms with van der Waals surface area (Å²) < 4.78 is 7.03. The van der Waals surface area contributed by atoms with E-state index in [9.17, 15) is 4.79 Å². The number of aryl methyl sites for hydroxylation is 1. The molecule has 0 unspecified atom stereocenters. The van der Waals surface area contributed by atoms with Crippen molar-refractivity contribution in [2.75, 3.05) is 42.3 Å². The molecule has 1 fully saturated rings. The van der Waals surface area contributed by atoms with Crippen LogP contribution in [0.15, 0.2) is 59.8 Å². The van der Waals surface area contributed by atoms with Gasteiger partial charge in [-0.25, -0.2) is 15.0 Å². The van der Waals surface area contributed by atoms with E-state index in [2.05, 4.69) is 32.1 Å². The van der Waals surface area contributed by atoms with E-state index in [0.717, 1.165) is 37.6 Å². The summed E-state index contributed by atoms with van der Waals surface area (Å²) >= 11 is 0. The zero-order valence-electron chi connectivity index (χ0n) is 17.7. The number of hydrogen-bond donors (Lipinski definition) is 2. The minimum absolute atomic E-state index is 0.233. The minimum Gasteiger partial charge on any atom is -0.399 e. The van der Waals surface area contributed by atoms with Crippen LogP contribution in [0, 0.1) is 6.92 Å². The maximum atomic E-state index is 12.6. The van der Waals surface area contributed by atoms with Crippen molar-refractivity contribution in [3.63, 3.8) is 0 Å². The third kappa shape index (κ3) is 3.85. The molecule has 0 bridgehead atoms. The number of fused-ring (bicyclic) bond motifs is 1. The third-order valence-corrected chi connectivity index (χ3v) is 5.48. The molecule has 9 nitrogen and oxygen atoms in total. The van der Waals surface area contributed by atoms with Crippen molar-refractivity contribution >= 4 is 34.0 Å². The number of morpholine rings is 1. The second kappa shape index (κ2) is 8.27. The van der Waals surface area contributed by atoms with Gasteiger partial charge in [0, 0.05) is 30.5 Å². The third-order valence-electron chi connectivity index (χ3n) is 5.48. The number of nitrogens with one attached hydrogen (secondary N) is 1. The number of nitrogens with zero attached hydrogens (tertiary/aromatic N) is 5. The minimum atomic E-state index is -0.233. The standard InChI is InChI=1S/C23H23N7O2/c1-15-10-21(27-13-20(15)29-6-8-32-9-7-29)28-22-11-19-18(12-26-22)25-14-23(31)30(19)17-4-2-16(24)3-5-17/h2-5,10-14H,6-9,24H2,1H3,(H,26,27,28). The highest BCUT2D eigenvalue weighted by Gasteiger charge is 2.15. The van der Waals surface area contributed by atoms with Crippen molar-refractivity contribution in [1.29, 1.82) is 0 Å². The van der Waals surface area contributed by atoms with Crippen LogP contribution in [0.2, 0.25) is 0 Å². The highest BCUT2D eigenvalue weighted by atomic mass is 16.5. The number of nitrogen functional groups attached to an aromatic ring is 1. The number of pyridine rings is 2. The lowest BCUT2D eigenvalue weighted by Crippen LogP contribution is -2.36. The summed E-state index contributed by atoms with van der Waals surface area (Å²) in [6, 6.07) is 10.9. The summed E-state index contributed by atoms with van der Waals surface area (Å²) in [7, 11) is 0. The lowest BCUT2D eigenvalue weighted by molar-refractivity contribution is 0.122. The zero-order chi connectivity index (χ0) is 22.1. The maximum Gasteiger partial charge on any atom is 0.274 e. The Morgan fingerprint density at radius 3 is 2.44 bits per heavy atom. The molecule has 0 saturated carbocycles. The van der Waals surface area contributed by atoms with Gasteiger partial charge in [0.1, 0.15) is 17.2 Å². The number of nitrogens with two attached hydrogens (primary N) is 1. The van der Waals surface area contributed by atoms with Gasteiger partial charge in [-0.15, -0.1) is 0 Å². The molecule has 3 N–H and O–H groups in total. The molecule has 0 amide bonds. The van der Waals surface area contributed by atoms with E-state index in [-0.39, 0.29) is 5.56 Å². The van der Waals surface area contributed by atoms with E-state index in [4.69, 9.17) is 10.5 Å². The van der Waals surface area contributed by atoms with Gasteiger partial charge in [-0.1, -0.05) is 0 Å². The van der Waals surface area contributed by atoms with Gasteiger partial charge < -0.3 is 20.7 Å². The number of ether oxygens (including phenoxy) is 1.